The summed E-state index contributed by atoms with van der Waals surface area (Å²) in [4.78, 5) is 19.3. The Kier molecular flexibility index (Phi) is 5.36. The van der Waals surface area contributed by atoms with E-state index in [9.17, 15) is 4.79 Å². The molecular weight excluding hydrogens is 328 g/mol. The lowest BCUT2D eigenvalue weighted by Crippen LogP contribution is -2.58. The Morgan fingerprint density at radius 2 is 2.35 bits per heavy atom. The van der Waals surface area contributed by atoms with Gasteiger partial charge in [0.05, 0.1) is 25.0 Å². The van der Waals surface area contributed by atoms with Crippen molar-refractivity contribution in [3.05, 3.63) is 41.7 Å². The number of hydrogen-bond donors (Lipinski definition) is 0. The Hall–Kier alpha value is -1.72. The number of carbonyl (C=O) groups excluding carboxylic acids is 1. The lowest BCUT2D eigenvalue weighted by atomic mass is 9.73. The van der Waals surface area contributed by atoms with Gasteiger partial charge < -0.3 is 14.4 Å². The van der Waals surface area contributed by atoms with E-state index in [0.717, 1.165) is 69.5 Å². The molecule has 0 spiro atoms. The summed E-state index contributed by atoms with van der Waals surface area (Å²) in [6.07, 6.45) is 10.2. The largest absolute Gasteiger partial charge is 0.377 e. The van der Waals surface area contributed by atoms with Crippen LogP contribution in [0.2, 0.25) is 0 Å². The van der Waals surface area contributed by atoms with E-state index in [2.05, 4.69) is 11.1 Å². The smallest absolute Gasteiger partial charge is 0.249 e. The van der Waals surface area contributed by atoms with Gasteiger partial charge in [-0.2, -0.15) is 0 Å². The molecule has 0 unspecified atom stereocenters. The number of aromatic nitrogens is 1. The van der Waals surface area contributed by atoms with Gasteiger partial charge in [0.25, 0.3) is 0 Å². The monoisotopic (exact) mass is 356 g/mol. The Bertz CT molecular complexity index is 660. The molecule has 0 saturated carbocycles. The van der Waals surface area contributed by atoms with Gasteiger partial charge in [-0.05, 0) is 50.7 Å². The third kappa shape index (κ3) is 3.69. The molecule has 2 saturated heterocycles. The minimum absolute atomic E-state index is 0.0832. The molecule has 4 rings (SSSR count). The van der Waals surface area contributed by atoms with E-state index in [0.29, 0.717) is 13.2 Å². The van der Waals surface area contributed by atoms with Crippen LogP contribution in [0.1, 0.15) is 44.2 Å². The molecule has 1 aliphatic carbocycles. The molecule has 5 nitrogen and oxygen atoms in total. The predicted molar refractivity (Wildman–Crippen MR) is 98.4 cm³/mol. The third-order valence-corrected chi connectivity index (χ3v) is 5.96. The van der Waals surface area contributed by atoms with Crippen molar-refractivity contribution < 1.29 is 14.3 Å². The zero-order chi connectivity index (χ0) is 17.8. The van der Waals surface area contributed by atoms with Gasteiger partial charge in [-0.25, -0.2) is 0 Å². The number of rotatable bonds is 5. The average molecular weight is 356 g/mol. The standard InChI is InChI=1S/C21H28N2O3/c24-20(17-6-1-2-7-17)23-12-9-19-21(15-23,10-5-13-26-19)16-25-14-18-8-3-4-11-22-18/h3-4,6,8,11,19H,1-2,5,7,9-10,12-16H2/t19-,21+/m1/s1. The Morgan fingerprint density at radius 3 is 3.15 bits per heavy atom. The van der Waals surface area contributed by atoms with Gasteiger partial charge in [0.1, 0.15) is 0 Å². The van der Waals surface area contributed by atoms with Gasteiger partial charge in [0.15, 0.2) is 0 Å². The van der Waals surface area contributed by atoms with Crippen LogP contribution in [0.3, 0.4) is 0 Å². The lowest BCUT2D eigenvalue weighted by molar-refractivity contribution is -0.164. The second-order valence-electron chi connectivity index (χ2n) is 7.78. The Balaban J connectivity index is 1.43. The molecule has 26 heavy (non-hydrogen) atoms. The molecule has 2 atom stereocenters. The van der Waals surface area contributed by atoms with Crippen LogP contribution in [0.4, 0.5) is 0 Å². The number of carbonyl (C=O) groups is 1. The van der Waals surface area contributed by atoms with Gasteiger partial charge in [0, 0.05) is 36.9 Å². The van der Waals surface area contributed by atoms with Crippen molar-refractivity contribution in [2.75, 3.05) is 26.3 Å². The zero-order valence-corrected chi connectivity index (χ0v) is 15.4. The maximum absolute atomic E-state index is 12.9. The molecular formula is C21H28N2O3. The fourth-order valence-electron chi connectivity index (χ4n) is 4.58. The first-order valence-electron chi connectivity index (χ1n) is 9.84. The van der Waals surface area contributed by atoms with E-state index in [1.54, 1.807) is 6.20 Å². The first kappa shape index (κ1) is 17.7. The summed E-state index contributed by atoms with van der Waals surface area (Å²) in [5.41, 5.74) is 1.86. The third-order valence-electron chi connectivity index (χ3n) is 5.96. The molecule has 140 valence electrons. The number of allylic oxidation sites excluding steroid dienone is 1. The highest BCUT2D eigenvalue weighted by Crippen LogP contribution is 2.41. The van der Waals surface area contributed by atoms with Gasteiger partial charge in [-0.1, -0.05) is 12.1 Å². The van der Waals surface area contributed by atoms with Crippen LogP contribution in [0.25, 0.3) is 0 Å². The van der Waals surface area contributed by atoms with Crippen LogP contribution in [0.5, 0.6) is 0 Å². The predicted octanol–water partition coefficient (Wildman–Crippen LogP) is 3.11. The van der Waals surface area contributed by atoms with E-state index in [4.69, 9.17) is 9.47 Å². The summed E-state index contributed by atoms with van der Waals surface area (Å²) in [5.74, 6) is 0.232. The Morgan fingerprint density at radius 1 is 1.38 bits per heavy atom. The highest BCUT2D eigenvalue weighted by molar-refractivity contribution is 5.93. The number of piperidine rings is 1. The van der Waals surface area contributed by atoms with Crippen LogP contribution < -0.4 is 0 Å². The number of nitrogens with zero attached hydrogens (tertiary/aromatic N) is 2. The minimum Gasteiger partial charge on any atom is -0.377 e. The number of ether oxygens (including phenoxy) is 2. The van der Waals surface area contributed by atoms with Crippen molar-refractivity contribution in [3.8, 4) is 0 Å². The second kappa shape index (κ2) is 7.89. The highest BCUT2D eigenvalue weighted by atomic mass is 16.5. The van der Waals surface area contributed by atoms with Gasteiger partial charge in [0.2, 0.25) is 5.91 Å². The normalized spacial score (nSPS) is 28.5. The molecule has 0 aromatic carbocycles. The molecule has 5 heteroatoms. The lowest BCUT2D eigenvalue weighted by Gasteiger charge is -2.50. The number of hydrogen-bond acceptors (Lipinski definition) is 4. The summed E-state index contributed by atoms with van der Waals surface area (Å²) in [6, 6.07) is 5.87. The van der Waals surface area contributed by atoms with Crippen molar-refractivity contribution in [3.63, 3.8) is 0 Å². The van der Waals surface area contributed by atoms with Crippen LogP contribution >= 0.6 is 0 Å². The van der Waals surface area contributed by atoms with Crippen molar-refractivity contribution in [1.29, 1.82) is 0 Å². The fourth-order valence-corrected chi connectivity index (χ4v) is 4.58. The molecule has 0 bridgehead atoms. The van der Waals surface area contributed by atoms with Gasteiger partial charge >= 0.3 is 0 Å². The van der Waals surface area contributed by atoms with E-state index >= 15 is 0 Å². The van der Waals surface area contributed by atoms with E-state index in [1.807, 2.05) is 23.1 Å². The summed E-state index contributed by atoms with van der Waals surface area (Å²) in [6.45, 7) is 3.50. The van der Waals surface area contributed by atoms with Crippen LogP contribution in [0.15, 0.2) is 36.0 Å². The zero-order valence-electron chi connectivity index (χ0n) is 15.4. The van der Waals surface area contributed by atoms with Gasteiger partial charge in [-0.3, -0.25) is 9.78 Å². The molecule has 2 aliphatic heterocycles. The number of fused-ring (bicyclic) bond motifs is 1. The number of pyridine rings is 1. The van der Waals surface area contributed by atoms with Crippen LogP contribution in [-0.2, 0) is 20.9 Å². The van der Waals surface area contributed by atoms with Crippen molar-refractivity contribution >= 4 is 5.91 Å². The summed E-state index contributed by atoms with van der Waals surface area (Å²) in [5, 5.41) is 0. The minimum atomic E-state index is -0.0832. The molecule has 0 N–H and O–H groups in total. The Labute approximate surface area is 155 Å². The summed E-state index contributed by atoms with van der Waals surface area (Å²) >= 11 is 0. The summed E-state index contributed by atoms with van der Waals surface area (Å²) in [7, 11) is 0. The number of likely N-dealkylation sites (tertiary alicyclic amines) is 1. The average Bonchev–Trinajstić information content (AvgIpc) is 3.22. The first-order valence-corrected chi connectivity index (χ1v) is 9.84. The fraction of sp³-hybridized carbons (Fsp3) is 0.619. The first-order chi connectivity index (χ1) is 12.8. The topological polar surface area (TPSA) is 51.7 Å². The van der Waals surface area contributed by atoms with Crippen molar-refractivity contribution in [2.45, 2.75) is 51.2 Å². The maximum Gasteiger partial charge on any atom is 0.249 e. The van der Waals surface area contributed by atoms with Crippen molar-refractivity contribution in [1.82, 2.24) is 9.88 Å². The molecule has 0 radical (unpaired) electrons. The van der Waals surface area contributed by atoms with E-state index in [-0.39, 0.29) is 17.4 Å². The maximum atomic E-state index is 12.9. The van der Waals surface area contributed by atoms with Crippen LogP contribution in [0, 0.1) is 5.41 Å². The molecule has 3 aliphatic rings. The highest BCUT2D eigenvalue weighted by Gasteiger charge is 2.47. The van der Waals surface area contributed by atoms with Crippen LogP contribution in [-0.4, -0.2) is 48.2 Å². The molecule has 1 amide bonds. The second-order valence-corrected chi connectivity index (χ2v) is 7.78. The van der Waals surface area contributed by atoms with E-state index < -0.39 is 0 Å². The molecule has 3 heterocycles. The SMILES string of the molecule is O=C(C1=CCCC1)N1CC[C@H]2OCCC[C@@]2(COCc2ccccn2)C1. The van der Waals surface area contributed by atoms with E-state index in [1.165, 1.54) is 0 Å². The van der Waals surface area contributed by atoms with Crippen molar-refractivity contribution in [2.24, 2.45) is 5.41 Å². The summed E-state index contributed by atoms with van der Waals surface area (Å²) < 4.78 is 12.2. The molecule has 1 aromatic rings. The quantitative estimate of drug-likeness (QED) is 0.813. The number of amides is 1. The molecule has 2 fully saturated rings. The molecule has 1 aromatic heterocycles. The van der Waals surface area contributed by atoms with Gasteiger partial charge in [-0.15, -0.1) is 0 Å².